The molecule has 2 aromatic heterocycles. The van der Waals surface area contributed by atoms with E-state index in [0.717, 1.165) is 5.01 Å². The van der Waals surface area contributed by atoms with Crippen LogP contribution in [-0.2, 0) is 4.79 Å². The molecule has 112 valence electrons. The number of aryl methyl sites for hydroxylation is 1. The van der Waals surface area contributed by atoms with Gasteiger partial charge in [-0.25, -0.2) is 0 Å². The van der Waals surface area contributed by atoms with Gasteiger partial charge >= 0.3 is 0 Å². The van der Waals surface area contributed by atoms with Gasteiger partial charge in [0.2, 0.25) is 11.0 Å². The van der Waals surface area contributed by atoms with Crippen molar-refractivity contribution in [2.75, 3.05) is 5.32 Å². The lowest BCUT2D eigenvalue weighted by Gasteiger charge is -2.20. The molecule has 0 saturated heterocycles. The van der Waals surface area contributed by atoms with Gasteiger partial charge in [-0.15, -0.1) is 10.2 Å². The van der Waals surface area contributed by atoms with Gasteiger partial charge in [-0.1, -0.05) is 25.2 Å². The molecule has 0 aromatic carbocycles. The van der Waals surface area contributed by atoms with Crippen molar-refractivity contribution in [3.05, 3.63) is 29.2 Å². The quantitative estimate of drug-likeness (QED) is 0.878. The molecule has 2 aromatic rings. The number of nitrogens with zero attached hydrogens (tertiary/aromatic N) is 2. The van der Waals surface area contributed by atoms with Crippen molar-refractivity contribution < 1.29 is 14.0 Å². The van der Waals surface area contributed by atoms with E-state index < -0.39 is 11.9 Å². The highest BCUT2D eigenvalue weighted by molar-refractivity contribution is 7.15. The molecule has 0 aliphatic heterocycles. The van der Waals surface area contributed by atoms with Gasteiger partial charge < -0.3 is 9.73 Å². The van der Waals surface area contributed by atoms with E-state index in [0.29, 0.717) is 5.13 Å². The number of carbonyl (C=O) groups excluding carboxylic acids is 2. The Labute approximate surface area is 125 Å². The summed E-state index contributed by atoms with van der Waals surface area (Å²) < 4.78 is 5.01. The van der Waals surface area contributed by atoms with Crippen molar-refractivity contribution in [1.82, 2.24) is 15.5 Å². The average molecular weight is 308 g/mol. The first-order valence-corrected chi connectivity index (χ1v) is 7.24. The number of amides is 2. The molecule has 0 fully saturated rings. The molecule has 2 amide bonds. The maximum atomic E-state index is 12.3. The lowest BCUT2D eigenvalue weighted by molar-refractivity contribution is -0.118. The van der Waals surface area contributed by atoms with Crippen LogP contribution < -0.4 is 10.6 Å². The van der Waals surface area contributed by atoms with Crippen molar-refractivity contribution in [2.24, 2.45) is 5.92 Å². The van der Waals surface area contributed by atoms with Gasteiger partial charge in [-0.05, 0) is 25.0 Å². The zero-order chi connectivity index (χ0) is 15.4. The molecule has 0 aliphatic carbocycles. The van der Waals surface area contributed by atoms with E-state index >= 15 is 0 Å². The van der Waals surface area contributed by atoms with Gasteiger partial charge in [-0.3, -0.25) is 14.9 Å². The van der Waals surface area contributed by atoms with Gasteiger partial charge in [0.1, 0.15) is 11.0 Å². The number of hydrogen-bond donors (Lipinski definition) is 2. The molecule has 0 bridgehead atoms. The largest absolute Gasteiger partial charge is 0.459 e. The van der Waals surface area contributed by atoms with Crippen LogP contribution in [0.5, 0.6) is 0 Å². The van der Waals surface area contributed by atoms with Crippen LogP contribution in [0.4, 0.5) is 5.13 Å². The summed E-state index contributed by atoms with van der Waals surface area (Å²) in [4.78, 5) is 24.2. The number of carbonyl (C=O) groups is 2. The fraction of sp³-hybridized carbons (Fsp3) is 0.385. The molecular weight excluding hydrogens is 292 g/mol. The topological polar surface area (TPSA) is 97.1 Å². The van der Waals surface area contributed by atoms with E-state index in [1.165, 1.54) is 17.6 Å². The fourth-order valence-electron chi connectivity index (χ4n) is 1.69. The zero-order valence-corrected chi connectivity index (χ0v) is 12.7. The number of furan rings is 1. The van der Waals surface area contributed by atoms with Gasteiger partial charge in [0, 0.05) is 0 Å². The van der Waals surface area contributed by atoms with Gasteiger partial charge in [0.25, 0.3) is 5.91 Å². The smallest absolute Gasteiger partial charge is 0.287 e. The third kappa shape index (κ3) is 3.88. The summed E-state index contributed by atoms with van der Waals surface area (Å²) in [5.41, 5.74) is 0. The molecule has 8 heteroatoms. The Bertz CT molecular complexity index is 621. The molecule has 0 aliphatic rings. The van der Waals surface area contributed by atoms with Gasteiger partial charge in [0.05, 0.1) is 6.26 Å². The summed E-state index contributed by atoms with van der Waals surface area (Å²) in [6.07, 6.45) is 1.41. The Morgan fingerprint density at radius 1 is 1.33 bits per heavy atom. The maximum Gasteiger partial charge on any atom is 0.287 e. The first-order valence-electron chi connectivity index (χ1n) is 6.42. The number of anilines is 1. The maximum absolute atomic E-state index is 12.3. The molecule has 7 nitrogen and oxygen atoms in total. The van der Waals surface area contributed by atoms with Gasteiger partial charge in [-0.2, -0.15) is 0 Å². The number of rotatable bonds is 5. The van der Waals surface area contributed by atoms with Crippen LogP contribution in [0.15, 0.2) is 22.8 Å². The fourth-order valence-corrected chi connectivity index (χ4v) is 2.28. The zero-order valence-electron chi connectivity index (χ0n) is 11.9. The second-order valence-corrected chi connectivity index (χ2v) is 5.97. The molecule has 2 rings (SSSR count). The average Bonchev–Trinajstić information content (AvgIpc) is 3.06. The molecule has 0 radical (unpaired) electrons. The third-order valence-corrected chi connectivity index (χ3v) is 3.49. The van der Waals surface area contributed by atoms with Crippen molar-refractivity contribution in [3.63, 3.8) is 0 Å². The second kappa shape index (κ2) is 6.49. The Morgan fingerprint density at radius 2 is 2.10 bits per heavy atom. The lowest BCUT2D eigenvalue weighted by atomic mass is 10.0. The molecular formula is C13H16N4O3S. The van der Waals surface area contributed by atoms with E-state index in [9.17, 15) is 9.59 Å². The lowest BCUT2D eigenvalue weighted by Crippen LogP contribution is -2.47. The minimum atomic E-state index is -0.688. The highest BCUT2D eigenvalue weighted by atomic mass is 32.1. The number of aromatic nitrogens is 2. The summed E-state index contributed by atoms with van der Waals surface area (Å²) in [6, 6.07) is 2.47. The number of hydrogen-bond acceptors (Lipinski definition) is 6. The van der Waals surface area contributed by atoms with Crippen molar-refractivity contribution in [3.8, 4) is 0 Å². The van der Waals surface area contributed by atoms with Crippen molar-refractivity contribution >= 4 is 28.3 Å². The summed E-state index contributed by atoms with van der Waals surface area (Å²) in [7, 11) is 0. The van der Waals surface area contributed by atoms with Gasteiger partial charge in [0.15, 0.2) is 5.76 Å². The highest BCUT2D eigenvalue weighted by Crippen LogP contribution is 2.15. The van der Waals surface area contributed by atoms with E-state index in [1.807, 2.05) is 13.8 Å². The highest BCUT2D eigenvalue weighted by Gasteiger charge is 2.26. The second-order valence-electron chi connectivity index (χ2n) is 4.79. The van der Waals surface area contributed by atoms with E-state index in [4.69, 9.17) is 4.42 Å². The van der Waals surface area contributed by atoms with Crippen LogP contribution >= 0.6 is 11.3 Å². The summed E-state index contributed by atoms with van der Waals surface area (Å²) in [5, 5.41) is 14.1. The minimum absolute atomic E-state index is 0.0852. The molecule has 0 spiro atoms. The first kappa shape index (κ1) is 15.2. The summed E-state index contributed by atoms with van der Waals surface area (Å²) >= 11 is 1.28. The Morgan fingerprint density at radius 3 is 2.62 bits per heavy atom. The van der Waals surface area contributed by atoms with Crippen LogP contribution in [0.3, 0.4) is 0 Å². The van der Waals surface area contributed by atoms with Crippen molar-refractivity contribution in [1.29, 1.82) is 0 Å². The van der Waals surface area contributed by atoms with Crippen LogP contribution in [0, 0.1) is 12.8 Å². The molecule has 2 heterocycles. The molecule has 1 atom stereocenters. The molecule has 2 N–H and O–H groups in total. The third-order valence-electron chi connectivity index (χ3n) is 2.74. The van der Waals surface area contributed by atoms with Crippen LogP contribution in [0.1, 0.15) is 29.4 Å². The Hall–Kier alpha value is -2.22. The summed E-state index contributed by atoms with van der Waals surface area (Å²) in [6.45, 7) is 5.49. The van der Waals surface area contributed by atoms with Crippen LogP contribution in [0.25, 0.3) is 0 Å². The Balaban J connectivity index is 2.04. The Kier molecular flexibility index (Phi) is 4.69. The van der Waals surface area contributed by atoms with Crippen LogP contribution in [-0.4, -0.2) is 28.1 Å². The molecule has 21 heavy (non-hydrogen) atoms. The van der Waals surface area contributed by atoms with E-state index in [2.05, 4.69) is 20.8 Å². The monoisotopic (exact) mass is 308 g/mol. The van der Waals surface area contributed by atoms with Crippen LogP contribution in [0.2, 0.25) is 0 Å². The SMILES string of the molecule is Cc1nnc(NC(=O)C(NC(=O)c2ccco2)C(C)C)s1. The predicted molar refractivity (Wildman–Crippen MR) is 78.1 cm³/mol. The molecule has 1 unspecified atom stereocenters. The van der Waals surface area contributed by atoms with Crippen molar-refractivity contribution in [2.45, 2.75) is 26.8 Å². The summed E-state index contributed by atoms with van der Waals surface area (Å²) in [5.74, 6) is -0.679. The molecule has 0 saturated carbocycles. The predicted octanol–water partition coefficient (Wildman–Crippen LogP) is 1.83. The number of nitrogens with one attached hydrogen (secondary N) is 2. The first-order chi connectivity index (χ1) is 9.97. The van der Waals surface area contributed by atoms with E-state index in [-0.39, 0.29) is 17.6 Å². The standard InChI is InChI=1S/C13H16N4O3S/c1-7(2)10(14-11(18)9-5-4-6-20-9)12(19)15-13-17-16-8(3)21-13/h4-7,10H,1-3H3,(H,14,18)(H,15,17,19). The normalized spacial score (nSPS) is 12.2. The minimum Gasteiger partial charge on any atom is -0.459 e. The van der Waals surface area contributed by atoms with E-state index in [1.54, 1.807) is 19.1 Å².